The third-order valence-electron chi connectivity index (χ3n) is 5.32. The number of carbonyl (C=O) groups is 1. The van der Waals surface area contributed by atoms with Gasteiger partial charge in [-0.05, 0) is 36.1 Å². The van der Waals surface area contributed by atoms with E-state index in [1.165, 1.54) is 0 Å². The summed E-state index contributed by atoms with van der Waals surface area (Å²) in [5.74, 6) is 0.0290. The molecule has 0 bridgehead atoms. The van der Waals surface area contributed by atoms with E-state index in [1.807, 2.05) is 83.8 Å². The number of nitrogens with zero attached hydrogens (tertiary/aromatic N) is 1. The molecule has 3 heteroatoms. The number of amides is 1. The van der Waals surface area contributed by atoms with E-state index in [0.717, 1.165) is 16.8 Å². The first kappa shape index (κ1) is 17.5. The number of para-hydroxylation sites is 1. The number of β-lactam (4-membered cyclic amide) rings is 1. The predicted molar refractivity (Wildman–Crippen MR) is 107 cm³/mol. The molecule has 1 fully saturated rings. The maximum atomic E-state index is 12.9. The van der Waals surface area contributed by atoms with E-state index in [4.69, 9.17) is 0 Å². The lowest BCUT2D eigenvalue weighted by atomic mass is 9.78. The molecule has 0 aliphatic carbocycles. The highest BCUT2D eigenvalue weighted by atomic mass is 16.3. The second kappa shape index (κ2) is 7.77. The summed E-state index contributed by atoms with van der Waals surface area (Å²) in [6.07, 6.45) is 0.700. The van der Waals surface area contributed by atoms with Crippen molar-refractivity contribution in [2.75, 3.05) is 4.90 Å². The van der Waals surface area contributed by atoms with Crippen LogP contribution in [0, 0.1) is 5.92 Å². The second-order valence-electron chi connectivity index (χ2n) is 7.01. The van der Waals surface area contributed by atoms with Crippen molar-refractivity contribution in [2.45, 2.75) is 25.0 Å². The van der Waals surface area contributed by atoms with Crippen molar-refractivity contribution < 1.29 is 9.90 Å². The van der Waals surface area contributed by atoms with E-state index < -0.39 is 6.10 Å². The topological polar surface area (TPSA) is 40.5 Å². The van der Waals surface area contributed by atoms with Crippen LogP contribution in [0.2, 0.25) is 0 Å². The monoisotopic (exact) mass is 357 g/mol. The van der Waals surface area contributed by atoms with Crippen LogP contribution in [0.15, 0.2) is 91.0 Å². The Morgan fingerprint density at radius 2 is 1.37 bits per heavy atom. The lowest BCUT2D eigenvalue weighted by molar-refractivity contribution is -0.131. The van der Waals surface area contributed by atoms with Gasteiger partial charge < -0.3 is 10.0 Å². The van der Waals surface area contributed by atoms with Crippen molar-refractivity contribution in [1.29, 1.82) is 0 Å². The lowest BCUT2D eigenvalue weighted by Crippen LogP contribution is -2.55. The van der Waals surface area contributed by atoms with Gasteiger partial charge in [0.25, 0.3) is 0 Å². The minimum Gasteiger partial charge on any atom is -0.388 e. The molecule has 4 rings (SSSR count). The third-order valence-corrected chi connectivity index (χ3v) is 5.32. The van der Waals surface area contributed by atoms with Gasteiger partial charge in [0, 0.05) is 5.69 Å². The average Bonchev–Trinajstić information content (AvgIpc) is 2.73. The fourth-order valence-corrected chi connectivity index (χ4v) is 3.92. The largest absolute Gasteiger partial charge is 0.388 e. The number of benzene rings is 3. The summed E-state index contributed by atoms with van der Waals surface area (Å²) >= 11 is 0. The van der Waals surface area contributed by atoms with Crippen molar-refractivity contribution in [2.24, 2.45) is 5.92 Å². The lowest BCUT2D eigenvalue weighted by Gasteiger charge is -2.48. The smallest absolute Gasteiger partial charge is 0.233 e. The fourth-order valence-electron chi connectivity index (χ4n) is 3.92. The van der Waals surface area contributed by atoms with Crippen LogP contribution in [0.5, 0.6) is 0 Å². The Balaban J connectivity index is 1.54. The Labute approximate surface area is 159 Å². The summed E-state index contributed by atoms with van der Waals surface area (Å²) < 4.78 is 0. The molecule has 1 unspecified atom stereocenters. The summed E-state index contributed by atoms with van der Waals surface area (Å²) in [6.45, 7) is 0. The van der Waals surface area contributed by atoms with Crippen LogP contribution in [-0.4, -0.2) is 11.0 Å². The minimum absolute atomic E-state index is 0.0177. The van der Waals surface area contributed by atoms with Gasteiger partial charge in [0.15, 0.2) is 0 Å². The maximum absolute atomic E-state index is 12.9. The van der Waals surface area contributed by atoms with E-state index in [2.05, 4.69) is 12.1 Å². The molecule has 3 nitrogen and oxygen atoms in total. The van der Waals surface area contributed by atoms with E-state index in [0.29, 0.717) is 12.8 Å². The molecule has 0 aromatic heterocycles. The van der Waals surface area contributed by atoms with Crippen LogP contribution in [0.1, 0.15) is 36.1 Å². The molecule has 1 aliphatic heterocycles. The molecule has 1 aliphatic rings. The zero-order valence-corrected chi connectivity index (χ0v) is 15.1. The Hall–Kier alpha value is -2.91. The highest BCUT2D eigenvalue weighted by Crippen LogP contribution is 2.46. The van der Waals surface area contributed by atoms with E-state index in [1.54, 1.807) is 0 Å². The molecule has 1 heterocycles. The SMILES string of the molecule is O=C1[C@H](CCC(O)c2ccccc2)[C@@H](c2ccccc2)N1c1ccccc1. The van der Waals surface area contributed by atoms with Gasteiger partial charge in [-0.1, -0.05) is 78.9 Å². The highest BCUT2D eigenvalue weighted by molar-refractivity contribution is 6.03. The van der Waals surface area contributed by atoms with E-state index in [9.17, 15) is 9.90 Å². The van der Waals surface area contributed by atoms with Crippen molar-refractivity contribution in [3.8, 4) is 0 Å². The Morgan fingerprint density at radius 3 is 2.00 bits per heavy atom. The molecule has 3 atom stereocenters. The summed E-state index contributed by atoms with van der Waals surface area (Å²) in [6, 6.07) is 29.7. The Bertz CT molecular complexity index is 880. The Morgan fingerprint density at radius 1 is 0.815 bits per heavy atom. The van der Waals surface area contributed by atoms with Crippen LogP contribution >= 0.6 is 0 Å². The van der Waals surface area contributed by atoms with Gasteiger partial charge in [0.2, 0.25) is 5.91 Å². The van der Waals surface area contributed by atoms with Crippen LogP contribution in [0.25, 0.3) is 0 Å². The number of hydrogen-bond donors (Lipinski definition) is 1. The highest BCUT2D eigenvalue weighted by Gasteiger charge is 2.48. The normalized spacial score (nSPS) is 20.2. The molecule has 0 spiro atoms. The van der Waals surface area contributed by atoms with Crippen molar-refractivity contribution in [3.63, 3.8) is 0 Å². The number of rotatable bonds is 6. The predicted octanol–water partition coefficient (Wildman–Crippen LogP) is 4.90. The summed E-state index contributed by atoms with van der Waals surface area (Å²) in [5.41, 5.74) is 2.97. The molecule has 1 saturated heterocycles. The molecule has 1 amide bonds. The molecule has 3 aromatic carbocycles. The number of aliphatic hydroxyl groups is 1. The number of aliphatic hydroxyl groups excluding tert-OH is 1. The van der Waals surface area contributed by atoms with Gasteiger partial charge in [-0.15, -0.1) is 0 Å². The Kier molecular flexibility index (Phi) is 5.03. The van der Waals surface area contributed by atoms with Crippen LogP contribution in [-0.2, 0) is 4.79 Å². The number of hydrogen-bond acceptors (Lipinski definition) is 2. The summed E-state index contributed by atoms with van der Waals surface area (Å²) in [7, 11) is 0. The first-order chi connectivity index (χ1) is 13.3. The number of carbonyl (C=O) groups excluding carboxylic acids is 1. The molecular weight excluding hydrogens is 334 g/mol. The van der Waals surface area contributed by atoms with Crippen LogP contribution in [0.3, 0.4) is 0 Å². The molecule has 3 aromatic rings. The average molecular weight is 357 g/mol. The maximum Gasteiger partial charge on any atom is 0.233 e. The van der Waals surface area contributed by atoms with Crippen LogP contribution < -0.4 is 4.90 Å². The summed E-state index contributed by atoms with van der Waals surface area (Å²) in [4.78, 5) is 14.8. The quantitative estimate of drug-likeness (QED) is 0.637. The molecule has 27 heavy (non-hydrogen) atoms. The number of anilines is 1. The van der Waals surface area contributed by atoms with E-state index in [-0.39, 0.29) is 17.9 Å². The minimum atomic E-state index is -0.541. The molecule has 0 radical (unpaired) electrons. The van der Waals surface area contributed by atoms with Crippen molar-refractivity contribution >= 4 is 11.6 Å². The third kappa shape index (κ3) is 3.51. The van der Waals surface area contributed by atoms with Gasteiger partial charge in [-0.25, -0.2) is 0 Å². The zero-order chi connectivity index (χ0) is 18.6. The molecule has 136 valence electrons. The van der Waals surface area contributed by atoms with Gasteiger partial charge in [-0.2, -0.15) is 0 Å². The van der Waals surface area contributed by atoms with Gasteiger partial charge in [0.1, 0.15) is 0 Å². The molecule has 0 saturated carbocycles. The molecular formula is C24H23NO2. The second-order valence-corrected chi connectivity index (χ2v) is 7.01. The van der Waals surface area contributed by atoms with Gasteiger partial charge in [-0.3, -0.25) is 4.79 Å². The van der Waals surface area contributed by atoms with Gasteiger partial charge >= 0.3 is 0 Å². The van der Waals surface area contributed by atoms with Crippen LogP contribution in [0.4, 0.5) is 5.69 Å². The van der Waals surface area contributed by atoms with Crippen molar-refractivity contribution in [1.82, 2.24) is 0 Å². The standard InChI is InChI=1S/C24H23NO2/c26-22(18-10-4-1-5-11-18)17-16-21-23(19-12-6-2-7-13-19)25(24(21)27)20-14-8-3-9-15-20/h1-15,21-23,26H,16-17H2/t21-,22?,23-/m1/s1. The van der Waals surface area contributed by atoms with Crippen molar-refractivity contribution in [3.05, 3.63) is 102 Å². The van der Waals surface area contributed by atoms with Gasteiger partial charge in [0.05, 0.1) is 18.1 Å². The first-order valence-corrected chi connectivity index (χ1v) is 9.42. The molecule has 1 N–H and O–H groups in total. The first-order valence-electron chi connectivity index (χ1n) is 9.42. The summed E-state index contributed by atoms with van der Waals surface area (Å²) in [5, 5.41) is 10.5. The fraction of sp³-hybridized carbons (Fsp3) is 0.208. The zero-order valence-electron chi connectivity index (χ0n) is 15.1. The van der Waals surface area contributed by atoms with E-state index >= 15 is 0 Å².